The second-order valence-corrected chi connectivity index (χ2v) is 2.40. The van der Waals surface area contributed by atoms with Crippen molar-refractivity contribution >= 4 is 12.4 Å². The predicted molar refractivity (Wildman–Crippen MR) is 51.4 cm³/mol. The fourth-order valence-electron chi connectivity index (χ4n) is 1.06. The SMILES string of the molecule is CCC(NC)c1cccnn1.Cl. The van der Waals surface area contributed by atoms with Crippen LogP contribution in [0.2, 0.25) is 0 Å². The highest BCUT2D eigenvalue weighted by atomic mass is 35.5. The maximum atomic E-state index is 4.01. The molecule has 0 saturated heterocycles. The van der Waals surface area contributed by atoms with Gasteiger partial charge in [-0.15, -0.1) is 12.4 Å². The Morgan fingerprint density at radius 1 is 1.58 bits per heavy atom. The van der Waals surface area contributed by atoms with Gasteiger partial charge in [0.25, 0.3) is 0 Å². The lowest BCUT2D eigenvalue weighted by Crippen LogP contribution is -2.16. The van der Waals surface area contributed by atoms with Crippen molar-refractivity contribution in [2.75, 3.05) is 7.05 Å². The molecule has 0 aliphatic heterocycles. The first-order chi connectivity index (χ1) is 5.38. The Bertz CT molecular complexity index is 199. The lowest BCUT2D eigenvalue weighted by molar-refractivity contribution is 0.554. The van der Waals surface area contributed by atoms with E-state index in [0.717, 1.165) is 12.1 Å². The summed E-state index contributed by atoms with van der Waals surface area (Å²) in [6, 6.07) is 4.23. The zero-order valence-electron chi connectivity index (χ0n) is 7.32. The van der Waals surface area contributed by atoms with Gasteiger partial charge in [-0.3, -0.25) is 0 Å². The Morgan fingerprint density at radius 2 is 2.33 bits per heavy atom. The minimum atomic E-state index is 0. The van der Waals surface area contributed by atoms with Gasteiger partial charge in [-0.25, -0.2) is 0 Å². The number of nitrogens with one attached hydrogen (secondary N) is 1. The molecule has 0 aliphatic rings. The van der Waals surface area contributed by atoms with Crippen LogP contribution < -0.4 is 5.32 Å². The Hall–Kier alpha value is -0.670. The van der Waals surface area contributed by atoms with Gasteiger partial charge in [0.1, 0.15) is 0 Å². The normalized spacial score (nSPS) is 11.8. The summed E-state index contributed by atoms with van der Waals surface area (Å²) in [7, 11) is 1.93. The van der Waals surface area contributed by atoms with Crippen molar-refractivity contribution in [3.63, 3.8) is 0 Å². The smallest absolute Gasteiger partial charge is 0.0800 e. The van der Waals surface area contributed by atoms with Crippen molar-refractivity contribution in [3.8, 4) is 0 Å². The monoisotopic (exact) mass is 187 g/mol. The summed E-state index contributed by atoms with van der Waals surface area (Å²) in [5, 5.41) is 11.0. The number of halogens is 1. The zero-order chi connectivity index (χ0) is 8.10. The molecule has 68 valence electrons. The predicted octanol–water partition coefficient (Wildman–Crippen LogP) is 1.57. The van der Waals surface area contributed by atoms with Crippen LogP contribution in [0.15, 0.2) is 18.3 Å². The van der Waals surface area contributed by atoms with Crippen molar-refractivity contribution in [2.45, 2.75) is 19.4 Å². The van der Waals surface area contributed by atoms with Crippen LogP contribution in [-0.4, -0.2) is 17.2 Å². The number of nitrogens with zero attached hydrogens (tertiary/aromatic N) is 2. The van der Waals surface area contributed by atoms with Crippen molar-refractivity contribution in [2.24, 2.45) is 0 Å². The third kappa shape index (κ3) is 2.75. The average molecular weight is 188 g/mol. The largest absolute Gasteiger partial charge is 0.312 e. The highest BCUT2D eigenvalue weighted by Crippen LogP contribution is 2.10. The standard InChI is InChI=1S/C8H13N3.ClH/c1-3-7(9-2)8-5-4-6-10-11-8;/h4-7,9H,3H2,1-2H3;1H. The molecule has 12 heavy (non-hydrogen) atoms. The van der Waals surface area contributed by atoms with Gasteiger partial charge in [0.05, 0.1) is 11.7 Å². The molecule has 1 heterocycles. The van der Waals surface area contributed by atoms with E-state index in [-0.39, 0.29) is 12.4 Å². The highest BCUT2D eigenvalue weighted by Gasteiger charge is 2.06. The summed E-state index contributed by atoms with van der Waals surface area (Å²) in [5.41, 5.74) is 1.01. The van der Waals surface area contributed by atoms with E-state index in [2.05, 4.69) is 22.4 Å². The number of hydrogen-bond acceptors (Lipinski definition) is 3. The van der Waals surface area contributed by atoms with Gasteiger partial charge >= 0.3 is 0 Å². The maximum absolute atomic E-state index is 4.01. The molecule has 3 nitrogen and oxygen atoms in total. The molecule has 1 N–H and O–H groups in total. The quantitative estimate of drug-likeness (QED) is 0.781. The minimum absolute atomic E-state index is 0. The second kappa shape index (κ2) is 5.91. The molecule has 0 spiro atoms. The van der Waals surface area contributed by atoms with E-state index < -0.39 is 0 Å². The molecule has 0 saturated carbocycles. The average Bonchev–Trinajstić information content (AvgIpc) is 2.09. The third-order valence-corrected chi connectivity index (χ3v) is 1.71. The van der Waals surface area contributed by atoms with Gasteiger partial charge in [0, 0.05) is 6.20 Å². The van der Waals surface area contributed by atoms with Crippen molar-refractivity contribution in [3.05, 3.63) is 24.0 Å². The molecule has 0 bridgehead atoms. The van der Waals surface area contributed by atoms with Gasteiger partial charge < -0.3 is 5.32 Å². The molecule has 1 aromatic heterocycles. The van der Waals surface area contributed by atoms with E-state index in [1.807, 2.05) is 19.2 Å². The summed E-state index contributed by atoms with van der Waals surface area (Å²) in [6.45, 7) is 2.12. The molecule has 0 aromatic carbocycles. The third-order valence-electron chi connectivity index (χ3n) is 1.71. The van der Waals surface area contributed by atoms with Crippen LogP contribution in [0.4, 0.5) is 0 Å². The Morgan fingerprint density at radius 3 is 2.75 bits per heavy atom. The van der Waals surface area contributed by atoms with Crippen molar-refractivity contribution in [1.29, 1.82) is 0 Å². The fraction of sp³-hybridized carbons (Fsp3) is 0.500. The van der Waals surface area contributed by atoms with Gasteiger partial charge in [0.2, 0.25) is 0 Å². The van der Waals surface area contributed by atoms with E-state index >= 15 is 0 Å². The topological polar surface area (TPSA) is 37.8 Å². The molecular formula is C8H14ClN3. The molecule has 0 aliphatic carbocycles. The van der Waals surface area contributed by atoms with Gasteiger partial charge in [-0.1, -0.05) is 6.92 Å². The molecule has 0 amide bonds. The van der Waals surface area contributed by atoms with Crippen molar-refractivity contribution < 1.29 is 0 Å². The molecule has 0 fully saturated rings. The number of hydrogen-bond donors (Lipinski definition) is 1. The van der Waals surface area contributed by atoms with E-state index in [4.69, 9.17) is 0 Å². The van der Waals surface area contributed by atoms with Crippen LogP contribution in [0, 0.1) is 0 Å². The van der Waals surface area contributed by atoms with Crippen LogP contribution in [0.1, 0.15) is 25.1 Å². The Kier molecular flexibility index (Phi) is 5.58. The molecule has 1 unspecified atom stereocenters. The molecule has 0 radical (unpaired) electrons. The van der Waals surface area contributed by atoms with Gasteiger partial charge in [0.15, 0.2) is 0 Å². The van der Waals surface area contributed by atoms with Crippen LogP contribution in [0.5, 0.6) is 0 Å². The van der Waals surface area contributed by atoms with Crippen LogP contribution in [0.25, 0.3) is 0 Å². The van der Waals surface area contributed by atoms with Crippen LogP contribution in [-0.2, 0) is 0 Å². The van der Waals surface area contributed by atoms with Crippen LogP contribution >= 0.6 is 12.4 Å². The maximum Gasteiger partial charge on any atom is 0.0800 e. The molecule has 4 heteroatoms. The highest BCUT2D eigenvalue weighted by molar-refractivity contribution is 5.85. The van der Waals surface area contributed by atoms with Gasteiger partial charge in [-0.05, 0) is 25.6 Å². The number of aromatic nitrogens is 2. The molecular weight excluding hydrogens is 174 g/mol. The lowest BCUT2D eigenvalue weighted by atomic mass is 10.1. The zero-order valence-corrected chi connectivity index (χ0v) is 8.14. The Balaban J connectivity index is 0.00000121. The Labute approximate surface area is 79.0 Å². The van der Waals surface area contributed by atoms with E-state index in [0.29, 0.717) is 6.04 Å². The first kappa shape index (κ1) is 11.3. The second-order valence-electron chi connectivity index (χ2n) is 2.40. The summed E-state index contributed by atoms with van der Waals surface area (Å²) in [4.78, 5) is 0. The van der Waals surface area contributed by atoms with E-state index in [1.165, 1.54) is 0 Å². The number of rotatable bonds is 3. The summed E-state index contributed by atoms with van der Waals surface area (Å²) in [5.74, 6) is 0. The minimum Gasteiger partial charge on any atom is -0.312 e. The van der Waals surface area contributed by atoms with Crippen LogP contribution in [0.3, 0.4) is 0 Å². The van der Waals surface area contributed by atoms with E-state index in [1.54, 1.807) is 6.20 Å². The molecule has 1 rings (SSSR count). The first-order valence-corrected chi connectivity index (χ1v) is 3.83. The lowest BCUT2D eigenvalue weighted by Gasteiger charge is -2.10. The van der Waals surface area contributed by atoms with E-state index in [9.17, 15) is 0 Å². The first-order valence-electron chi connectivity index (χ1n) is 3.83. The summed E-state index contributed by atoms with van der Waals surface area (Å²) >= 11 is 0. The summed E-state index contributed by atoms with van der Waals surface area (Å²) in [6.07, 6.45) is 2.72. The van der Waals surface area contributed by atoms with Crippen molar-refractivity contribution in [1.82, 2.24) is 15.5 Å². The van der Waals surface area contributed by atoms with Gasteiger partial charge in [-0.2, -0.15) is 10.2 Å². The molecule has 1 atom stereocenters. The fourth-order valence-corrected chi connectivity index (χ4v) is 1.06. The summed E-state index contributed by atoms with van der Waals surface area (Å²) < 4.78 is 0. The molecule has 1 aromatic rings.